The number of pyridine rings is 1. The van der Waals surface area contributed by atoms with E-state index in [9.17, 15) is 13.2 Å². The number of benzene rings is 2. The van der Waals surface area contributed by atoms with Crippen LogP contribution in [0, 0.1) is 0 Å². The van der Waals surface area contributed by atoms with E-state index in [2.05, 4.69) is 10.1 Å². The molecule has 1 fully saturated rings. The summed E-state index contributed by atoms with van der Waals surface area (Å²) < 4.78 is 43.6. The Morgan fingerprint density at radius 3 is 2.14 bits per heavy atom. The van der Waals surface area contributed by atoms with Gasteiger partial charge in [-0.2, -0.15) is 18.3 Å². The first-order valence-electron chi connectivity index (χ1n) is 9.14. The van der Waals surface area contributed by atoms with Crippen molar-refractivity contribution in [1.29, 1.82) is 0 Å². The Morgan fingerprint density at radius 2 is 1.54 bits per heavy atom. The molecule has 0 radical (unpaired) electrons. The van der Waals surface area contributed by atoms with E-state index in [0.29, 0.717) is 22.6 Å². The molecule has 28 heavy (non-hydrogen) atoms. The third kappa shape index (κ3) is 2.85. The molecule has 0 N–H and O–H groups in total. The highest BCUT2D eigenvalue weighted by atomic mass is 19.4. The summed E-state index contributed by atoms with van der Waals surface area (Å²) in [7, 11) is 0. The van der Waals surface area contributed by atoms with Gasteiger partial charge in [-0.05, 0) is 31.0 Å². The highest BCUT2D eigenvalue weighted by Crippen LogP contribution is 2.46. The molecule has 5 rings (SSSR count). The highest BCUT2D eigenvalue weighted by molar-refractivity contribution is 5.87. The number of fused-ring (bicyclic) bond motifs is 1. The first-order chi connectivity index (χ1) is 13.5. The predicted octanol–water partition coefficient (Wildman–Crippen LogP) is 5.98. The Bertz CT molecular complexity index is 1140. The summed E-state index contributed by atoms with van der Waals surface area (Å²) in [6.07, 6.45) is -2.77. The van der Waals surface area contributed by atoms with E-state index >= 15 is 0 Å². The maximum atomic E-state index is 14.0. The molecule has 0 bridgehead atoms. The maximum Gasteiger partial charge on any atom is 0.417 e. The number of halogens is 3. The molecule has 4 aromatic rings. The minimum Gasteiger partial charge on any atom is -0.228 e. The molecule has 1 saturated carbocycles. The molecule has 2 heterocycles. The van der Waals surface area contributed by atoms with Crippen molar-refractivity contribution in [3.63, 3.8) is 0 Å². The van der Waals surface area contributed by atoms with Gasteiger partial charge in [0.1, 0.15) is 0 Å². The Morgan fingerprint density at radius 1 is 0.893 bits per heavy atom. The zero-order valence-electron chi connectivity index (χ0n) is 14.8. The van der Waals surface area contributed by atoms with Gasteiger partial charge in [-0.3, -0.25) is 0 Å². The van der Waals surface area contributed by atoms with Crippen LogP contribution < -0.4 is 0 Å². The summed E-state index contributed by atoms with van der Waals surface area (Å²) in [6, 6.07) is 19.3. The van der Waals surface area contributed by atoms with Crippen molar-refractivity contribution in [1.82, 2.24) is 14.8 Å². The molecule has 3 nitrogen and oxygen atoms in total. The van der Waals surface area contributed by atoms with Crippen LogP contribution in [0.2, 0.25) is 0 Å². The van der Waals surface area contributed by atoms with E-state index in [1.807, 2.05) is 36.4 Å². The molecule has 0 atom stereocenters. The van der Waals surface area contributed by atoms with Crippen LogP contribution in [-0.2, 0) is 6.18 Å². The van der Waals surface area contributed by atoms with E-state index in [1.54, 1.807) is 28.9 Å². The molecule has 0 saturated heterocycles. The smallest absolute Gasteiger partial charge is 0.228 e. The Balaban J connectivity index is 1.87. The largest absolute Gasteiger partial charge is 0.417 e. The summed E-state index contributed by atoms with van der Waals surface area (Å²) in [5, 5.41) is 4.71. The van der Waals surface area contributed by atoms with Gasteiger partial charge < -0.3 is 0 Å². The lowest BCUT2D eigenvalue weighted by atomic mass is 10.0. The Kier molecular flexibility index (Phi) is 3.75. The second-order valence-electron chi connectivity index (χ2n) is 7.02. The van der Waals surface area contributed by atoms with Crippen LogP contribution in [0.4, 0.5) is 13.2 Å². The zero-order chi connectivity index (χ0) is 19.3. The maximum absolute atomic E-state index is 14.0. The van der Waals surface area contributed by atoms with Gasteiger partial charge in [0, 0.05) is 11.5 Å². The minimum atomic E-state index is -4.49. The predicted molar refractivity (Wildman–Crippen MR) is 101 cm³/mol. The van der Waals surface area contributed by atoms with Gasteiger partial charge in [0.2, 0.25) is 0 Å². The fourth-order valence-electron chi connectivity index (χ4n) is 3.51. The summed E-state index contributed by atoms with van der Waals surface area (Å²) in [5.74, 6) is 0.0675. The van der Waals surface area contributed by atoms with Crippen molar-refractivity contribution in [2.75, 3.05) is 0 Å². The van der Waals surface area contributed by atoms with Gasteiger partial charge in [-0.15, -0.1) is 0 Å². The normalized spacial score (nSPS) is 14.5. The van der Waals surface area contributed by atoms with Gasteiger partial charge >= 0.3 is 6.18 Å². The lowest BCUT2D eigenvalue weighted by Crippen LogP contribution is -2.08. The van der Waals surface area contributed by atoms with Crippen LogP contribution in [0.1, 0.15) is 30.0 Å². The quantitative estimate of drug-likeness (QED) is 0.438. The Labute approximate surface area is 159 Å². The van der Waals surface area contributed by atoms with Crippen LogP contribution in [-0.4, -0.2) is 14.8 Å². The van der Waals surface area contributed by atoms with E-state index in [0.717, 1.165) is 18.9 Å². The SMILES string of the molecule is FC(F)(F)c1cc(-c2ccccc2)nc2c1c(C1CC1)nn2-c1ccccc1. The second-order valence-corrected chi connectivity index (χ2v) is 7.02. The number of hydrogen-bond donors (Lipinski definition) is 0. The van der Waals surface area contributed by atoms with E-state index in [1.165, 1.54) is 0 Å². The molecule has 0 spiro atoms. The number of para-hydroxylation sites is 1. The van der Waals surface area contributed by atoms with Crippen LogP contribution in [0.5, 0.6) is 0 Å². The van der Waals surface area contributed by atoms with E-state index in [-0.39, 0.29) is 17.0 Å². The molecular weight excluding hydrogens is 363 g/mol. The zero-order valence-corrected chi connectivity index (χ0v) is 14.8. The third-order valence-electron chi connectivity index (χ3n) is 5.00. The fourth-order valence-corrected chi connectivity index (χ4v) is 3.51. The number of hydrogen-bond acceptors (Lipinski definition) is 2. The lowest BCUT2D eigenvalue weighted by Gasteiger charge is -2.12. The van der Waals surface area contributed by atoms with Gasteiger partial charge in [-0.1, -0.05) is 48.5 Å². The molecule has 6 heteroatoms. The van der Waals surface area contributed by atoms with Crippen LogP contribution >= 0.6 is 0 Å². The van der Waals surface area contributed by atoms with Gasteiger partial charge in [0.15, 0.2) is 5.65 Å². The van der Waals surface area contributed by atoms with Gasteiger partial charge in [-0.25, -0.2) is 9.67 Å². The molecule has 140 valence electrons. The van der Waals surface area contributed by atoms with Gasteiger partial charge in [0.25, 0.3) is 0 Å². The molecule has 2 aromatic carbocycles. The molecule has 1 aliphatic carbocycles. The number of alkyl halides is 3. The average Bonchev–Trinajstić information content (AvgIpc) is 3.48. The number of nitrogens with zero attached hydrogens (tertiary/aromatic N) is 3. The molecule has 0 amide bonds. The summed E-state index contributed by atoms with van der Waals surface area (Å²) in [4.78, 5) is 4.63. The van der Waals surface area contributed by atoms with Crippen LogP contribution in [0.25, 0.3) is 28.0 Å². The molecule has 2 aromatic heterocycles. The first-order valence-corrected chi connectivity index (χ1v) is 9.14. The van der Waals surface area contributed by atoms with Crippen molar-refractivity contribution < 1.29 is 13.2 Å². The van der Waals surface area contributed by atoms with E-state index < -0.39 is 11.7 Å². The summed E-state index contributed by atoms with van der Waals surface area (Å²) in [6.45, 7) is 0. The molecule has 0 aliphatic heterocycles. The van der Waals surface area contributed by atoms with E-state index in [4.69, 9.17) is 0 Å². The number of aromatic nitrogens is 3. The Hall–Kier alpha value is -3.15. The van der Waals surface area contributed by atoms with Crippen molar-refractivity contribution >= 4 is 11.0 Å². The van der Waals surface area contributed by atoms with Crippen molar-refractivity contribution in [2.24, 2.45) is 0 Å². The van der Waals surface area contributed by atoms with Crippen molar-refractivity contribution in [3.8, 4) is 16.9 Å². The standard InChI is InChI=1S/C22H16F3N3/c23-22(24,25)17-13-18(14-7-3-1-4-8-14)26-21-19(17)20(15-11-12-15)27-28(21)16-9-5-2-6-10-16/h1-10,13,15H,11-12H2. The van der Waals surface area contributed by atoms with Crippen molar-refractivity contribution in [2.45, 2.75) is 24.9 Å². The van der Waals surface area contributed by atoms with Crippen LogP contribution in [0.15, 0.2) is 66.7 Å². The number of rotatable bonds is 3. The highest BCUT2D eigenvalue weighted by Gasteiger charge is 2.39. The fraction of sp³-hybridized carbons (Fsp3) is 0.182. The minimum absolute atomic E-state index is 0.0675. The van der Waals surface area contributed by atoms with Crippen LogP contribution in [0.3, 0.4) is 0 Å². The van der Waals surface area contributed by atoms with Crippen molar-refractivity contribution in [3.05, 3.63) is 78.0 Å². The molecular formula is C22H16F3N3. The summed E-state index contributed by atoms with van der Waals surface area (Å²) in [5.41, 5.74) is 1.72. The molecule has 1 aliphatic rings. The molecule has 0 unspecified atom stereocenters. The third-order valence-corrected chi connectivity index (χ3v) is 5.00. The second kappa shape index (κ2) is 6.19. The summed E-state index contributed by atoms with van der Waals surface area (Å²) >= 11 is 0. The van der Waals surface area contributed by atoms with Gasteiger partial charge in [0.05, 0.1) is 28.0 Å². The average molecular weight is 379 g/mol. The lowest BCUT2D eigenvalue weighted by molar-refractivity contribution is -0.136. The monoisotopic (exact) mass is 379 g/mol. The first kappa shape index (κ1) is 17.0. The topological polar surface area (TPSA) is 30.7 Å².